The Morgan fingerprint density at radius 2 is 1.81 bits per heavy atom. The average molecular weight is 503 g/mol. The monoisotopic (exact) mass is 502 g/mol. The van der Waals surface area contributed by atoms with E-state index < -0.39 is 5.97 Å². The van der Waals surface area contributed by atoms with Gasteiger partial charge in [-0.25, -0.2) is 9.97 Å². The molecule has 5 rings (SSSR count). The third kappa shape index (κ3) is 6.25. The number of rotatable bonds is 8. The lowest BCUT2D eigenvalue weighted by Gasteiger charge is -2.34. The lowest BCUT2D eigenvalue weighted by molar-refractivity contribution is -0.143. The van der Waals surface area contributed by atoms with Gasteiger partial charge in [-0.2, -0.15) is 0 Å². The molecule has 37 heavy (non-hydrogen) atoms. The summed E-state index contributed by atoms with van der Waals surface area (Å²) >= 11 is 0. The normalized spacial score (nSPS) is 17.1. The van der Waals surface area contributed by atoms with Gasteiger partial charge in [0.1, 0.15) is 0 Å². The number of nitrogens with two attached hydrogens (primary N) is 1. The van der Waals surface area contributed by atoms with Crippen molar-refractivity contribution in [2.45, 2.75) is 25.9 Å². The molecule has 0 saturated carbocycles. The van der Waals surface area contributed by atoms with Gasteiger partial charge < -0.3 is 25.8 Å². The highest BCUT2D eigenvalue weighted by molar-refractivity contribution is 5.70. The number of hydrogen-bond acceptors (Lipinski definition) is 8. The summed E-state index contributed by atoms with van der Waals surface area (Å²) in [5, 5.41) is 12.7. The number of nitrogens with zero attached hydrogens (tertiary/aromatic N) is 4. The van der Waals surface area contributed by atoms with Crippen molar-refractivity contribution in [1.82, 2.24) is 14.9 Å². The first-order chi connectivity index (χ1) is 18.1. The summed E-state index contributed by atoms with van der Waals surface area (Å²) in [6, 6.07) is 16.4. The summed E-state index contributed by atoms with van der Waals surface area (Å²) in [5.41, 5.74) is 12.0. The van der Waals surface area contributed by atoms with Crippen LogP contribution in [0, 0.1) is 5.92 Å². The van der Waals surface area contributed by atoms with Crippen molar-refractivity contribution in [3.63, 3.8) is 0 Å². The molecule has 4 N–H and O–H groups in total. The largest absolute Gasteiger partial charge is 0.481 e. The van der Waals surface area contributed by atoms with Gasteiger partial charge in [-0.05, 0) is 61.3 Å². The van der Waals surface area contributed by atoms with E-state index in [1.54, 1.807) is 6.20 Å². The van der Waals surface area contributed by atoms with E-state index in [0.717, 1.165) is 68.4 Å². The van der Waals surface area contributed by atoms with E-state index in [2.05, 4.69) is 38.3 Å². The number of anilines is 3. The van der Waals surface area contributed by atoms with E-state index in [4.69, 9.17) is 15.5 Å². The molecular formula is C28H34N6O3. The summed E-state index contributed by atoms with van der Waals surface area (Å²) in [6.07, 6.45) is 3.14. The molecule has 0 bridgehead atoms. The zero-order chi connectivity index (χ0) is 25.6. The van der Waals surface area contributed by atoms with Crippen LogP contribution in [-0.2, 0) is 22.6 Å². The molecule has 3 aromatic rings. The number of hydrogen-bond donors (Lipinski definition) is 3. The highest BCUT2D eigenvalue weighted by Gasteiger charge is 2.25. The molecular weight excluding hydrogens is 468 g/mol. The zero-order valence-electron chi connectivity index (χ0n) is 21.0. The second-order valence-electron chi connectivity index (χ2n) is 9.62. The minimum absolute atomic E-state index is 0.237. The Labute approximate surface area is 217 Å². The molecule has 2 aliphatic heterocycles. The predicted octanol–water partition coefficient (Wildman–Crippen LogP) is 3.48. The number of aliphatic carboxylic acids is 1. The number of piperidine rings is 1. The summed E-state index contributed by atoms with van der Waals surface area (Å²) in [5.74, 6) is -0.385. The van der Waals surface area contributed by atoms with E-state index in [-0.39, 0.29) is 5.92 Å². The highest BCUT2D eigenvalue weighted by Crippen LogP contribution is 2.30. The molecule has 0 amide bonds. The third-order valence-corrected chi connectivity index (χ3v) is 7.16. The highest BCUT2D eigenvalue weighted by atomic mass is 16.5. The van der Waals surface area contributed by atoms with Crippen molar-refractivity contribution in [3.05, 3.63) is 65.9 Å². The van der Waals surface area contributed by atoms with Gasteiger partial charge in [0.25, 0.3) is 0 Å². The lowest BCUT2D eigenvalue weighted by Crippen LogP contribution is -2.38. The Balaban J connectivity index is 1.35. The number of carbonyl (C=O) groups is 1. The van der Waals surface area contributed by atoms with Crippen molar-refractivity contribution in [2.75, 3.05) is 49.6 Å². The Kier molecular flexibility index (Phi) is 7.93. The van der Waals surface area contributed by atoms with E-state index in [0.29, 0.717) is 25.3 Å². The summed E-state index contributed by atoms with van der Waals surface area (Å²) in [7, 11) is 0. The number of ether oxygens (including phenoxy) is 1. The Hall–Kier alpha value is -3.53. The molecule has 2 saturated heterocycles. The van der Waals surface area contributed by atoms with Crippen LogP contribution in [-0.4, -0.2) is 65.3 Å². The van der Waals surface area contributed by atoms with Gasteiger partial charge in [0.05, 0.1) is 24.8 Å². The third-order valence-electron chi connectivity index (χ3n) is 7.16. The average Bonchev–Trinajstić information content (AvgIpc) is 2.94. The fraction of sp³-hybridized carbons (Fsp3) is 0.393. The van der Waals surface area contributed by atoms with Crippen molar-refractivity contribution < 1.29 is 14.6 Å². The SMILES string of the molecule is NCc1ccc(-c2ccnc(Nc3ccc(N4CCOCC4)c(CN4CCC(C(=O)O)CC4)c3)n2)cc1. The first-order valence-electron chi connectivity index (χ1n) is 12.9. The lowest BCUT2D eigenvalue weighted by atomic mass is 9.96. The van der Waals surface area contributed by atoms with Crippen LogP contribution in [0.15, 0.2) is 54.7 Å². The Morgan fingerprint density at radius 1 is 1.05 bits per heavy atom. The number of carboxylic acids is 1. The van der Waals surface area contributed by atoms with Crippen LogP contribution in [0.25, 0.3) is 11.3 Å². The van der Waals surface area contributed by atoms with Gasteiger partial charge in [-0.15, -0.1) is 0 Å². The molecule has 2 aliphatic rings. The molecule has 2 aromatic carbocycles. The molecule has 0 radical (unpaired) electrons. The first-order valence-corrected chi connectivity index (χ1v) is 12.9. The fourth-order valence-corrected chi connectivity index (χ4v) is 5.00. The minimum atomic E-state index is -0.683. The number of morpholine rings is 1. The van der Waals surface area contributed by atoms with Crippen LogP contribution < -0.4 is 16.0 Å². The molecule has 0 atom stereocenters. The number of aromatic nitrogens is 2. The summed E-state index contributed by atoms with van der Waals surface area (Å²) in [6.45, 7) is 5.99. The summed E-state index contributed by atoms with van der Waals surface area (Å²) in [4.78, 5) is 25.3. The fourth-order valence-electron chi connectivity index (χ4n) is 5.00. The molecule has 2 fully saturated rings. The summed E-state index contributed by atoms with van der Waals surface area (Å²) < 4.78 is 5.57. The molecule has 0 unspecified atom stereocenters. The maximum absolute atomic E-state index is 11.4. The topological polar surface area (TPSA) is 117 Å². The Bertz CT molecular complexity index is 1200. The van der Waals surface area contributed by atoms with Crippen LogP contribution in [0.5, 0.6) is 0 Å². The molecule has 1 aromatic heterocycles. The smallest absolute Gasteiger partial charge is 0.306 e. The van der Waals surface area contributed by atoms with Crippen LogP contribution in [0.1, 0.15) is 24.0 Å². The molecule has 9 nitrogen and oxygen atoms in total. The van der Waals surface area contributed by atoms with E-state index in [1.165, 1.54) is 11.3 Å². The van der Waals surface area contributed by atoms with Gasteiger partial charge in [0.2, 0.25) is 5.95 Å². The minimum Gasteiger partial charge on any atom is -0.481 e. The van der Waals surface area contributed by atoms with Gasteiger partial charge in [0, 0.05) is 49.3 Å². The van der Waals surface area contributed by atoms with E-state index in [1.807, 2.05) is 30.3 Å². The van der Waals surface area contributed by atoms with Crippen molar-refractivity contribution >= 4 is 23.3 Å². The molecule has 0 aliphatic carbocycles. The van der Waals surface area contributed by atoms with Crippen molar-refractivity contribution in [3.8, 4) is 11.3 Å². The second kappa shape index (κ2) is 11.7. The Morgan fingerprint density at radius 3 is 2.51 bits per heavy atom. The maximum atomic E-state index is 11.4. The van der Waals surface area contributed by atoms with Crippen molar-refractivity contribution in [1.29, 1.82) is 0 Å². The van der Waals surface area contributed by atoms with Crippen LogP contribution >= 0.6 is 0 Å². The molecule has 9 heteroatoms. The number of likely N-dealkylation sites (tertiary alicyclic amines) is 1. The maximum Gasteiger partial charge on any atom is 0.306 e. The predicted molar refractivity (Wildman–Crippen MR) is 144 cm³/mol. The molecule has 194 valence electrons. The molecule has 3 heterocycles. The zero-order valence-corrected chi connectivity index (χ0v) is 21.0. The van der Waals surface area contributed by atoms with Crippen LogP contribution in [0.3, 0.4) is 0 Å². The van der Waals surface area contributed by atoms with Crippen LogP contribution in [0.4, 0.5) is 17.3 Å². The van der Waals surface area contributed by atoms with E-state index in [9.17, 15) is 9.90 Å². The molecule has 0 spiro atoms. The van der Waals surface area contributed by atoms with Crippen molar-refractivity contribution in [2.24, 2.45) is 11.7 Å². The quantitative estimate of drug-likeness (QED) is 0.426. The van der Waals surface area contributed by atoms with Gasteiger partial charge in [0.15, 0.2) is 0 Å². The van der Waals surface area contributed by atoms with Crippen LogP contribution in [0.2, 0.25) is 0 Å². The van der Waals surface area contributed by atoms with E-state index >= 15 is 0 Å². The number of nitrogens with one attached hydrogen (secondary N) is 1. The van der Waals surface area contributed by atoms with Gasteiger partial charge >= 0.3 is 5.97 Å². The number of carboxylic acid groups (broad SMARTS) is 1. The van der Waals surface area contributed by atoms with Gasteiger partial charge in [-0.3, -0.25) is 9.69 Å². The number of benzene rings is 2. The standard InChI is InChI=1S/C28H34N6O3/c29-18-20-1-3-21(4-2-20)25-7-10-30-28(32-25)31-24-5-6-26(34-13-15-37-16-14-34)23(17-24)19-33-11-8-22(9-12-33)27(35)36/h1-7,10,17,22H,8-9,11-16,18-19,29H2,(H,35,36)(H,30,31,32). The van der Waals surface area contributed by atoms with Gasteiger partial charge in [-0.1, -0.05) is 24.3 Å². The second-order valence-corrected chi connectivity index (χ2v) is 9.62. The first kappa shape index (κ1) is 25.1.